The van der Waals surface area contributed by atoms with Crippen LogP contribution in [0.15, 0.2) is 60.7 Å². The molecule has 0 atom stereocenters. The monoisotopic (exact) mass is 340 g/mol. The molecule has 3 N–H and O–H groups in total. The van der Waals surface area contributed by atoms with Crippen molar-refractivity contribution in [1.29, 1.82) is 0 Å². The molecular formula is C20H24N2O3. The molecule has 0 unspecified atom stereocenters. The van der Waals surface area contributed by atoms with E-state index in [0.29, 0.717) is 26.1 Å². The van der Waals surface area contributed by atoms with Gasteiger partial charge in [-0.25, -0.2) is 4.79 Å². The Morgan fingerprint density at radius 2 is 1.52 bits per heavy atom. The predicted molar refractivity (Wildman–Crippen MR) is 96.3 cm³/mol. The van der Waals surface area contributed by atoms with Crippen molar-refractivity contribution in [2.75, 3.05) is 19.8 Å². The van der Waals surface area contributed by atoms with Crippen LogP contribution in [0.1, 0.15) is 30.0 Å². The first kappa shape index (κ1) is 17.5. The number of hydrogen-bond acceptors (Lipinski definition) is 3. The van der Waals surface area contributed by atoms with Gasteiger partial charge in [-0.15, -0.1) is 0 Å². The van der Waals surface area contributed by atoms with Crippen LogP contribution in [0.2, 0.25) is 0 Å². The lowest BCUT2D eigenvalue weighted by molar-refractivity contribution is -0.0600. The van der Waals surface area contributed by atoms with Crippen LogP contribution in [0.4, 0.5) is 4.79 Å². The summed E-state index contributed by atoms with van der Waals surface area (Å²) < 4.78 is 5.26. The molecule has 2 aromatic rings. The minimum Gasteiger partial charge on any atom is -0.388 e. The number of amides is 2. The summed E-state index contributed by atoms with van der Waals surface area (Å²) in [5.74, 6) is 0. The fourth-order valence-corrected chi connectivity index (χ4v) is 3.01. The molecule has 2 aromatic carbocycles. The molecule has 1 aliphatic heterocycles. The lowest BCUT2D eigenvalue weighted by Crippen LogP contribution is -2.49. The van der Waals surface area contributed by atoms with E-state index in [-0.39, 0.29) is 18.6 Å². The number of carbonyl (C=O) groups is 1. The van der Waals surface area contributed by atoms with E-state index in [9.17, 15) is 9.90 Å². The number of urea groups is 1. The van der Waals surface area contributed by atoms with Gasteiger partial charge in [0.1, 0.15) is 0 Å². The van der Waals surface area contributed by atoms with Crippen LogP contribution in [-0.4, -0.2) is 36.5 Å². The molecule has 2 amide bonds. The third-order valence-electron chi connectivity index (χ3n) is 4.54. The highest BCUT2D eigenvalue weighted by molar-refractivity contribution is 5.75. The molecule has 1 saturated heterocycles. The van der Waals surface area contributed by atoms with Gasteiger partial charge in [-0.1, -0.05) is 60.7 Å². The van der Waals surface area contributed by atoms with E-state index >= 15 is 0 Å². The molecule has 3 rings (SSSR count). The molecular weight excluding hydrogens is 316 g/mol. The fourth-order valence-electron chi connectivity index (χ4n) is 3.01. The normalized spacial score (nSPS) is 16.4. The first-order valence-corrected chi connectivity index (χ1v) is 8.61. The Labute approximate surface area is 148 Å². The van der Waals surface area contributed by atoms with Crippen molar-refractivity contribution >= 4 is 6.03 Å². The van der Waals surface area contributed by atoms with Gasteiger partial charge in [0, 0.05) is 32.6 Å². The van der Waals surface area contributed by atoms with Crippen LogP contribution in [-0.2, 0) is 4.74 Å². The molecule has 5 nitrogen and oxygen atoms in total. The SMILES string of the molecule is O=C(NCC1(O)CCOCC1)NC(c1ccccc1)c1ccccc1. The molecule has 0 radical (unpaired) electrons. The summed E-state index contributed by atoms with van der Waals surface area (Å²) in [6.45, 7) is 1.27. The third-order valence-corrected chi connectivity index (χ3v) is 4.54. The summed E-state index contributed by atoms with van der Waals surface area (Å²) in [5, 5.41) is 16.3. The van der Waals surface area contributed by atoms with Crippen molar-refractivity contribution in [3.05, 3.63) is 71.8 Å². The molecule has 0 aromatic heterocycles. The predicted octanol–water partition coefficient (Wildman–Crippen LogP) is 2.62. The van der Waals surface area contributed by atoms with Crippen LogP contribution >= 0.6 is 0 Å². The van der Waals surface area contributed by atoms with E-state index in [1.54, 1.807) is 0 Å². The maximum Gasteiger partial charge on any atom is 0.315 e. The standard InChI is InChI=1S/C20H24N2O3/c23-19(21-15-20(24)11-13-25-14-12-20)22-18(16-7-3-1-4-8-16)17-9-5-2-6-10-17/h1-10,18,24H,11-15H2,(H2,21,22,23). The van der Waals surface area contributed by atoms with Gasteiger partial charge in [0.2, 0.25) is 0 Å². The van der Waals surface area contributed by atoms with Crippen molar-refractivity contribution in [3.63, 3.8) is 0 Å². The van der Waals surface area contributed by atoms with Crippen molar-refractivity contribution in [2.45, 2.75) is 24.5 Å². The second-order valence-electron chi connectivity index (χ2n) is 6.42. The zero-order chi connectivity index (χ0) is 17.5. The van der Waals surface area contributed by atoms with Gasteiger partial charge >= 0.3 is 6.03 Å². The molecule has 0 spiro atoms. The highest BCUT2D eigenvalue weighted by Gasteiger charge is 2.30. The number of hydrogen-bond donors (Lipinski definition) is 3. The molecule has 1 aliphatic rings. The van der Waals surface area contributed by atoms with Gasteiger partial charge in [0.25, 0.3) is 0 Å². The van der Waals surface area contributed by atoms with E-state index in [0.717, 1.165) is 11.1 Å². The van der Waals surface area contributed by atoms with Gasteiger partial charge < -0.3 is 20.5 Å². The Hall–Kier alpha value is -2.37. The van der Waals surface area contributed by atoms with Gasteiger partial charge in [-0.05, 0) is 11.1 Å². The summed E-state index contributed by atoms with van der Waals surface area (Å²) in [6.07, 6.45) is 1.07. The quantitative estimate of drug-likeness (QED) is 0.783. The van der Waals surface area contributed by atoms with E-state index in [1.165, 1.54) is 0 Å². The van der Waals surface area contributed by atoms with Gasteiger partial charge in [0.15, 0.2) is 0 Å². The number of rotatable bonds is 5. The zero-order valence-electron chi connectivity index (χ0n) is 14.2. The molecule has 0 aliphatic carbocycles. The molecule has 132 valence electrons. The van der Waals surface area contributed by atoms with E-state index in [1.807, 2.05) is 60.7 Å². The van der Waals surface area contributed by atoms with Gasteiger partial charge in [-0.3, -0.25) is 0 Å². The number of aliphatic hydroxyl groups is 1. The minimum absolute atomic E-state index is 0.221. The number of carbonyl (C=O) groups excluding carboxylic acids is 1. The average Bonchev–Trinajstić information content (AvgIpc) is 2.66. The minimum atomic E-state index is -0.884. The maximum absolute atomic E-state index is 12.4. The second-order valence-corrected chi connectivity index (χ2v) is 6.42. The summed E-state index contributed by atoms with van der Waals surface area (Å²) in [7, 11) is 0. The molecule has 5 heteroatoms. The highest BCUT2D eigenvalue weighted by Crippen LogP contribution is 2.22. The molecule has 1 heterocycles. The van der Waals surface area contributed by atoms with Crippen LogP contribution in [0.25, 0.3) is 0 Å². The number of nitrogens with one attached hydrogen (secondary N) is 2. The average molecular weight is 340 g/mol. The van der Waals surface area contributed by atoms with E-state index in [2.05, 4.69) is 10.6 Å². The first-order chi connectivity index (χ1) is 12.2. The van der Waals surface area contributed by atoms with Gasteiger partial charge in [0.05, 0.1) is 11.6 Å². The number of benzene rings is 2. The highest BCUT2D eigenvalue weighted by atomic mass is 16.5. The van der Waals surface area contributed by atoms with Crippen LogP contribution in [0, 0.1) is 0 Å². The molecule has 25 heavy (non-hydrogen) atoms. The molecule has 1 fully saturated rings. The van der Waals surface area contributed by atoms with Crippen molar-refractivity contribution in [3.8, 4) is 0 Å². The summed E-state index contributed by atoms with van der Waals surface area (Å²) in [6, 6.07) is 19.1. The number of ether oxygens (including phenoxy) is 1. The second kappa shape index (κ2) is 8.14. The summed E-state index contributed by atoms with van der Waals surface area (Å²) in [4.78, 5) is 12.4. The molecule has 0 saturated carbocycles. The van der Waals surface area contributed by atoms with Gasteiger partial charge in [-0.2, -0.15) is 0 Å². The van der Waals surface area contributed by atoms with Crippen LogP contribution in [0.5, 0.6) is 0 Å². The Bertz CT molecular complexity index is 630. The third kappa shape index (κ3) is 4.81. The lowest BCUT2D eigenvalue weighted by atomic mass is 9.94. The van der Waals surface area contributed by atoms with E-state index < -0.39 is 5.60 Å². The Kier molecular flexibility index (Phi) is 5.68. The topological polar surface area (TPSA) is 70.6 Å². The fraction of sp³-hybridized carbons (Fsp3) is 0.350. The Morgan fingerprint density at radius 1 is 1.00 bits per heavy atom. The largest absolute Gasteiger partial charge is 0.388 e. The van der Waals surface area contributed by atoms with Crippen molar-refractivity contribution in [2.24, 2.45) is 0 Å². The zero-order valence-corrected chi connectivity index (χ0v) is 14.2. The van der Waals surface area contributed by atoms with Crippen LogP contribution in [0.3, 0.4) is 0 Å². The Morgan fingerprint density at radius 3 is 2.04 bits per heavy atom. The smallest absolute Gasteiger partial charge is 0.315 e. The lowest BCUT2D eigenvalue weighted by Gasteiger charge is -2.32. The maximum atomic E-state index is 12.4. The van der Waals surface area contributed by atoms with Crippen LogP contribution < -0.4 is 10.6 Å². The van der Waals surface area contributed by atoms with Crippen molar-refractivity contribution < 1.29 is 14.6 Å². The summed E-state index contributed by atoms with van der Waals surface area (Å²) >= 11 is 0. The van der Waals surface area contributed by atoms with Crippen molar-refractivity contribution in [1.82, 2.24) is 10.6 Å². The molecule has 0 bridgehead atoms. The van der Waals surface area contributed by atoms with E-state index in [4.69, 9.17) is 4.74 Å². The Balaban J connectivity index is 1.67. The summed E-state index contributed by atoms with van der Waals surface area (Å²) in [5.41, 5.74) is 1.13. The first-order valence-electron chi connectivity index (χ1n) is 8.61.